The van der Waals surface area contributed by atoms with E-state index >= 15 is 0 Å². The molecule has 5 heteroatoms. The number of aromatic amines is 1. The lowest BCUT2D eigenvalue weighted by Gasteiger charge is -2.07. The van der Waals surface area contributed by atoms with E-state index in [1.54, 1.807) is 0 Å². The summed E-state index contributed by atoms with van der Waals surface area (Å²) in [6.45, 7) is 4.17. The van der Waals surface area contributed by atoms with Crippen LogP contribution in [0.25, 0.3) is 22.6 Å². The molecule has 0 spiro atoms. The molecule has 0 aliphatic heterocycles. The predicted octanol–water partition coefficient (Wildman–Crippen LogP) is 3.29. The summed E-state index contributed by atoms with van der Waals surface area (Å²) in [5.41, 5.74) is 10.2. The summed E-state index contributed by atoms with van der Waals surface area (Å²) in [7, 11) is 0. The summed E-state index contributed by atoms with van der Waals surface area (Å²) in [4.78, 5) is 7.91. The Morgan fingerprint density at radius 3 is 2.81 bits per heavy atom. The van der Waals surface area contributed by atoms with Crippen molar-refractivity contribution >= 4 is 11.0 Å². The SMILES string of the molecule is C[C@@H](N)c1cc(-c2nc3ccc(C4(C)CC4)cc3[nH]2)no1. The van der Waals surface area contributed by atoms with E-state index in [9.17, 15) is 0 Å². The number of nitrogens with one attached hydrogen (secondary N) is 1. The monoisotopic (exact) mass is 282 g/mol. The predicted molar refractivity (Wildman–Crippen MR) is 80.8 cm³/mol. The molecule has 1 aliphatic carbocycles. The molecular weight excluding hydrogens is 264 g/mol. The number of rotatable bonds is 3. The first-order valence-corrected chi connectivity index (χ1v) is 7.28. The fourth-order valence-corrected chi connectivity index (χ4v) is 2.60. The van der Waals surface area contributed by atoms with Crippen LogP contribution in [0.3, 0.4) is 0 Å². The van der Waals surface area contributed by atoms with Crippen molar-refractivity contribution in [2.75, 3.05) is 0 Å². The zero-order valence-electron chi connectivity index (χ0n) is 12.2. The topological polar surface area (TPSA) is 80.7 Å². The maximum absolute atomic E-state index is 5.79. The van der Waals surface area contributed by atoms with Gasteiger partial charge in [-0.1, -0.05) is 18.1 Å². The molecule has 1 aromatic carbocycles. The van der Waals surface area contributed by atoms with Crippen LogP contribution in [0, 0.1) is 0 Å². The van der Waals surface area contributed by atoms with Crippen LogP contribution >= 0.6 is 0 Å². The smallest absolute Gasteiger partial charge is 0.160 e. The lowest BCUT2D eigenvalue weighted by atomic mass is 9.98. The second kappa shape index (κ2) is 4.18. The van der Waals surface area contributed by atoms with Gasteiger partial charge in [-0.25, -0.2) is 4.98 Å². The Bertz CT molecular complexity index is 811. The van der Waals surface area contributed by atoms with E-state index in [2.05, 4.69) is 40.2 Å². The van der Waals surface area contributed by atoms with Crippen molar-refractivity contribution in [3.05, 3.63) is 35.6 Å². The number of nitrogens with two attached hydrogens (primary N) is 1. The molecule has 108 valence electrons. The standard InChI is InChI=1S/C16H18N4O/c1-9(17)14-8-13(20-21-14)15-18-11-4-3-10(7-12(11)19-15)16(2)5-6-16/h3-4,7-9H,5-6,17H2,1-2H3,(H,18,19)/t9-/m1/s1. The maximum atomic E-state index is 5.79. The highest BCUT2D eigenvalue weighted by molar-refractivity contribution is 5.79. The van der Waals surface area contributed by atoms with Crippen LogP contribution in [-0.2, 0) is 5.41 Å². The van der Waals surface area contributed by atoms with Crippen LogP contribution in [0.1, 0.15) is 44.1 Å². The zero-order valence-corrected chi connectivity index (χ0v) is 12.2. The number of fused-ring (bicyclic) bond motifs is 1. The van der Waals surface area contributed by atoms with E-state index in [1.165, 1.54) is 18.4 Å². The number of aromatic nitrogens is 3. The van der Waals surface area contributed by atoms with Gasteiger partial charge in [-0.3, -0.25) is 0 Å². The van der Waals surface area contributed by atoms with E-state index in [4.69, 9.17) is 10.3 Å². The summed E-state index contributed by atoms with van der Waals surface area (Å²) >= 11 is 0. The third-order valence-corrected chi connectivity index (χ3v) is 4.40. The summed E-state index contributed by atoms with van der Waals surface area (Å²) in [5, 5.41) is 4.04. The van der Waals surface area contributed by atoms with Crippen LogP contribution in [-0.4, -0.2) is 15.1 Å². The second-order valence-corrected chi connectivity index (χ2v) is 6.28. The molecule has 4 rings (SSSR count). The molecule has 3 aromatic rings. The number of H-pyrrole nitrogens is 1. The van der Waals surface area contributed by atoms with Crippen LogP contribution in [0.5, 0.6) is 0 Å². The molecule has 2 aromatic heterocycles. The van der Waals surface area contributed by atoms with Gasteiger partial charge in [0.1, 0.15) is 5.69 Å². The fourth-order valence-electron chi connectivity index (χ4n) is 2.60. The number of hydrogen-bond acceptors (Lipinski definition) is 4. The van der Waals surface area contributed by atoms with E-state index in [1.807, 2.05) is 13.0 Å². The van der Waals surface area contributed by atoms with Crippen molar-refractivity contribution < 1.29 is 4.52 Å². The molecule has 1 saturated carbocycles. The second-order valence-electron chi connectivity index (χ2n) is 6.28. The summed E-state index contributed by atoms with van der Waals surface area (Å²) in [6.07, 6.45) is 2.53. The van der Waals surface area contributed by atoms with Crippen LogP contribution in [0.15, 0.2) is 28.8 Å². The van der Waals surface area contributed by atoms with E-state index in [0.717, 1.165) is 16.9 Å². The first-order valence-electron chi connectivity index (χ1n) is 7.28. The number of nitrogens with zero attached hydrogens (tertiary/aromatic N) is 2. The third kappa shape index (κ3) is 2.05. The minimum absolute atomic E-state index is 0.169. The largest absolute Gasteiger partial charge is 0.359 e. The highest BCUT2D eigenvalue weighted by atomic mass is 16.5. The van der Waals surface area contributed by atoms with Gasteiger partial charge in [0, 0.05) is 6.07 Å². The maximum Gasteiger partial charge on any atom is 0.160 e. The summed E-state index contributed by atoms with van der Waals surface area (Å²) in [5.74, 6) is 1.38. The molecule has 21 heavy (non-hydrogen) atoms. The van der Waals surface area contributed by atoms with E-state index in [-0.39, 0.29) is 6.04 Å². The van der Waals surface area contributed by atoms with Crippen molar-refractivity contribution in [2.24, 2.45) is 5.73 Å². The summed E-state index contributed by atoms with van der Waals surface area (Å²) < 4.78 is 5.23. The van der Waals surface area contributed by atoms with Crippen molar-refractivity contribution in [3.63, 3.8) is 0 Å². The van der Waals surface area contributed by atoms with Crippen molar-refractivity contribution in [2.45, 2.75) is 38.1 Å². The van der Waals surface area contributed by atoms with Gasteiger partial charge in [-0.15, -0.1) is 0 Å². The van der Waals surface area contributed by atoms with Gasteiger partial charge in [0.15, 0.2) is 11.6 Å². The molecular formula is C16H18N4O. The Balaban J connectivity index is 1.75. The molecule has 1 fully saturated rings. The molecule has 0 radical (unpaired) electrons. The highest BCUT2D eigenvalue weighted by Crippen LogP contribution is 2.47. The van der Waals surface area contributed by atoms with Gasteiger partial charge in [0.2, 0.25) is 0 Å². The molecule has 2 heterocycles. The molecule has 1 atom stereocenters. The Morgan fingerprint density at radius 2 is 2.14 bits per heavy atom. The first kappa shape index (κ1) is 12.6. The lowest BCUT2D eigenvalue weighted by molar-refractivity contribution is 0.369. The molecule has 5 nitrogen and oxygen atoms in total. The Labute approximate surface area is 122 Å². The third-order valence-electron chi connectivity index (χ3n) is 4.40. The zero-order chi connectivity index (χ0) is 14.6. The molecule has 1 aliphatic rings. The van der Waals surface area contributed by atoms with Gasteiger partial charge in [-0.2, -0.15) is 0 Å². The molecule has 0 bridgehead atoms. The fraction of sp³-hybridized carbons (Fsp3) is 0.375. The van der Waals surface area contributed by atoms with Crippen molar-refractivity contribution in [1.82, 2.24) is 15.1 Å². The minimum atomic E-state index is -0.169. The van der Waals surface area contributed by atoms with Crippen LogP contribution < -0.4 is 5.73 Å². The minimum Gasteiger partial charge on any atom is -0.359 e. The quantitative estimate of drug-likeness (QED) is 0.772. The number of benzene rings is 1. The molecule has 3 N–H and O–H groups in total. The summed E-state index contributed by atoms with van der Waals surface area (Å²) in [6, 6.07) is 8.12. The highest BCUT2D eigenvalue weighted by Gasteiger charge is 2.39. The first-order chi connectivity index (χ1) is 10.0. The molecule has 0 saturated heterocycles. The number of hydrogen-bond donors (Lipinski definition) is 2. The average molecular weight is 282 g/mol. The Morgan fingerprint density at radius 1 is 1.33 bits per heavy atom. The molecule has 0 unspecified atom stereocenters. The van der Waals surface area contributed by atoms with Crippen LogP contribution in [0.4, 0.5) is 0 Å². The van der Waals surface area contributed by atoms with Gasteiger partial charge in [0.25, 0.3) is 0 Å². The van der Waals surface area contributed by atoms with Gasteiger partial charge >= 0.3 is 0 Å². The van der Waals surface area contributed by atoms with Gasteiger partial charge in [-0.05, 0) is 42.9 Å². The van der Waals surface area contributed by atoms with Crippen molar-refractivity contribution in [3.8, 4) is 11.5 Å². The lowest BCUT2D eigenvalue weighted by Crippen LogP contribution is -2.02. The Hall–Kier alpha value is -2.14. The van der Waals surface area contributed by atoms with Crippen molar-refractivity contribution in [1.29, 1.82) is 0 Å². The van der Waals surface area contributed by atoms with E-state index in [0.29, 0.717) is 16.9 Å². The molecule has 0 amide bonds. The van der Waals surface area contributed by atoms with Gasteiger partial charge < -0.3 is 15.2 Å². The van der Waals surface area contributed by atoms with Gasteiger partial charge in [0.05, 0.1) is 17.1 Å². The average Bonchev–Trinajstić information content (AvgIpc) is 2.95. The van der Waals surface area contributed by atoms with Crippen LogP contribution in [0.2, 0.25) is 0 Å². The Kier molecular flexibility index (Phi) is 2.50. The number of imidazole rings is 1. The van der Waals surface area contributed by atoms with E-state index < -0.39 is 0 Å². The normalized spacial score (nSPS) is 18.0.